The van der Waals surface area contributed by atoms with Crippen LogP contribution in [-0.2, 0) is 4.79 Å². The van der Waals surface area contributed by atoms with Crippen LogP contribution in [-0.4, -0.2) is 56.9 Å². The second-order valence-electron chi connectivity index (χ2n) is 8.36. The Morgan fingerprint density at radius 2 is 1.88 bits per heavy atom. The molecular formula is C24H25ClN6O. The number of rotatable bonds is 3. The van der Waals surface area contributed by atoms with Gasteiger partial charge in [-0.3, -0.25) is 14.8 Å². The summed E-state index contributed by atoms with van der Waals surface area (Å²) >= 11 is 6.12. The van der Waals surface area contributed by atoms with E-state index in [1.54, 1.807) is 19.3 Å². The first-order chi connectivity index (χ1) is 15.6. The summed E-state index contributed by atoms with van der Waals surface area (Å²) < 4.78 is 0. The third-order valence-corrected chi connectivity index (χ3v) is 6.61. The lowest BCUT2D eigenvalue weighted by molar-refractivity contribution is -0.129. The van der Waals surface area contributed by atoms with Crippen LogP contribution in [0, 0.1) is 0 Å². The summed E-state index contributed by atoms with van der Waals surface area (Å²) in [6.45, 7) is 4.80. The van der Waals surface area contributed by atoms with Crippen molar-refractivity contribution >= 4 is 39.9 Å². The number of aromatic nitrogens is 4. The van der Waals surface area contributed by atoms with E-state index in [-0.39, 0.29) is 5.91 Å². The van der Waals surface area contributed by atoms with Gasteiger partial charge in [-0.25, -0.2) is 9.97 Å². The molecule has 2 aromatic heterocycles. The lowest BCUT2D eigenvalue weighted by Crippen LogP contribution is -2.37. The average molecular weight is 449 g/mol. The van der Waals surface area contributed by atoms with E-state index in [0.29, 0.717) is 10.9 Å². The van der Waals surface area contributed by atoms with Gasteiger partial charge in [0, 0.05) is 56.4 Å². The predicted octanol–water partition coefficient (Wildman–Crippen LogP) is 4.09. The zero-order valence-corrected chi connectivity index (χ0v) is 18.8. The summed E-state index contributed by atoms with van der Waals surface area (Å²) in [6.07, 6.45) is 10.3. The maximum Gasteiger partial charge on any atom is 0.219 e. The molecule has 0 spiro atoms. The minimum Gasteiger partial charge on any atom is -0.351 e. The van der Waals surface area contributed by atoms with E-state index in [4.69, 9.17) is 26.6 Å². The molecule has 4 heterocycles. The minimum absolute atomic E-state index is 0.149. The molecule has 0 radical (unpaired) electrons. The highest BCUT2D eigenvalue weighted by atomic mass is 35.5. The standard InChI is InChI=1S/C24H25ClN6O/c1-16(32)30-10-6-18(7-11-30)23-24(27-9-8-26-23)31-12-4-17(5-13-31)22-15-28-20-3-2-19(25)14-21(20)29-22/h2-4,8-9,14-15,18H,5-7,10-13H2,1H3. The Morgan fingerprint density at radius 1 is 1.06 bits per heavy atom. The zero-order chi connectivity index (χ0) is 22.1. The van der Waals surface area contributed by atoms with Gasteiger partial charge < -0.3 is 9.80 Å². The van der Waals surface area contributed by atoms with E-state index < -0.39 is 0 Å². The topological polar surface area (TPSA) is 75.1 Å². The van der Waals surface area contributed by atoms with Crippen LogP contribution in [0.5, 0.6) is 0 Å². The molecule has 8 heteroatoms. The highest BCUT2D eigenvalue weighted by Gasteiger charge is 2.27. The fourth-order valence-corrected chi connectivity index (χ4v) is 4.74. The molecule has 0 N–H and O–H groups in total. The van der Waals surface area contributed by atoms with Gasteiger partial charge in [-0.2, -0.15) is 0 Å². The van der Waals surface area contributed by atoms with Crippen molar-refractivity contribution < 1.29 is 4.79 Å². The van der Waals surface area contributed by atoms with E-state index in [9.17, 15) is 4.79 Å². The van der Waals surface area contributed by atoms with Crippen molar-refractivity contribution in [1.29, 1.82) is 0 Å². The van der Waals surface area contributed by atoms with Crippen molar-refractivity contribution in [3.8, 4) is 0 Å². The number of likely N-dealkylation sites (tertiary alicyclic amines) is 1. The summed E-state index contributed by atoms with van der Waals surface area (Å²) in [7, 11) is 0. The number of halogens is 1. The van der Waals surface area contributed by atoms with Crippen molar-refractivity contribution in [2.75, 3.05) is 31.1 Å². The van der Waals surface area contributed by atoms with Crippen molar-refractivity contribution in [2.24, 2.45) is 0 Å². The van der Waals surface area contributed by atoms with Crippen LogP contribution in [0.25, 0.3) is 16.6 Å². The summed E-state index contributed by atoms with van der Waals surface area (Å²) in [6, 6.07) is 5.58. The van der Waals surface area contributed by atoms with E-state index in [1.807, 2.05) is 29.3 Å². The molecule has 164 valence electrons. The van der Waals surface area contributed by atoms with Crippen molar-refractivity contribution in [3.63, 3.8) is 0 Å². The van der Waals surface area contributed by atoms with Gasteiger partial charge in [0.05, 0.1) is 28.6 Å². The largest absolute Gasteiger partial charge is 0.351 e. The highest BCUT2D eigenvalue weighted by molar-refractivity contribution is 6.31. The lowest BCUT2D eigenvalue weighted by atomic mass is 9.92. The second kappa shape index (κ2) is 8.82. The van der Waals surface area contributed by atoms with E-state index in [0.717, 1.165) is 73.7 Å². The molecule has 5 rings (SSSR count). The molecule has 0 aliphatic carbocycles. The predicted molar refractivity (Wildman–Crippen MR) is 126 cm³/mol. The maximum atomic E-state index is 11.7. The van der Waals surface area contributed by atoms with Crippen molar-refractivity contribution in [2.45, 2.75) is 32.1 Å². The molecule has 2 aliphatic heterocycles. The SMILES string of the molecule is CC(=O)N1CCC(c2nccnc2N2CC=C(c3cnc4ccc(Cl)cc4n3)CC2)CC1. The second-order valence-corrected chi connectivity index (χ2v) is 8.80. The molecule has 1 saturated heterocycles. The fraction of sp³-hybridized carbons (Fsp3) is 0.375. The first-order valence-electron chi connectivity index (χ1n) is 11.0. The lowest BCUT2D eigenvalue weighted by Gasteiger charge is -2.34. The van der Waals surface area contributed by atoms with Gasteiger partial charge in [0.2, 0.25) is 5.91 Å². The molecule has 2 aliphatic rings. The van der Waals surface area contributed by atoms with Crippen LogP contribution < -0.4 is 4.90 Å². The number of fused-ring (bicyclic) bond motifs is 1. The molecule has 1 aromatic carbocycles. The normalized spacial score (nSPS) is 17.5. The quantitative estimate of drug-likeness (QED) is 0.600. The summed E-state index contributed by atoms with van der Waals surface area (Å²) in [5, 5.41) is 0.664. The third-order valence-electron chi connectivity index (χ3n) is 6.38. The fourth-order valence-electron chi connectivity index (χ4n) is 4.57. The molecule has 1 fully saturated rings. The Balaban J connectivity index is 1.34. The third kappa shape index (κ3) is 4.17. The maximum absolute atomic E-state index is 11.7. The zero-order valence-electron chi connectivity index (χ0n) is 18.0. The molecule has 7 nitrogen and oxygen atoms in total. The van der Waals surface area contributed by atoms with Gasteiger partial charge in [0.1, 0.15) is 0 Å². The number of piperidine rings is 1. The molecule has 32 heavy (non-hydrogen) atoms. The van der Waals surface area contributed by atoms with Gasteiger partial charge in [-0.05, 0) is 43.0 Å². The number of amides is 1. The van der Waals surface area contributed by atoms with Gasteiger partial charge in [0.25, 0.3) is 0 Å². The Morgan fingerprint density at radius 3 is 2.62 bits per heavy atom. The number of benzene rings is 1. The van der Waals surface area contributed by atoms with Gasteiger partial charge in [-0.15, -0.1) is 0 Å². The molecule has 0 saturated carbocycles. The first kappa shape index (κ1) is 20.8. The molecule has 0 unspecified atom stereocenters. The Bertz CT molecular complexity index is 1190. The van der Waals surface area contributed by atoms with Gasteiger partial charge in [-0.1, -0.05) is 17.7 Å². The van der Waals surface area contributed by atoms with Crippen LogP contribution in [0.4, 0.5) is 5.82 Å². The van der Waals surface area contributed by atoms with Crippen molar-refractivity contribution in [3.05, 3.63) is 59.3 Å². The first-order valence-corrected chi connectivity index (χ1v) is 11.4. The van der Waals surface area contributed by atoms with Crippen LogP contribution >= 0.6 is 11.6 Å². The van der Waals surface area contributed by atoms with Crippen LogP contribution in [0.2, 0.25) is 5.02 Å². The van der Waals surface area contributed by atoms with E-state index in [1.165, 1.54) is 5.57 Å². The molecule has 1 amide bonds. The smallest absolute Gasteiger partial charge is 0.219 e. The number of carbonyl (C=O) groups excluding carboxylic acids is 1. The number of hydrogen-bond donors (Lipinski definition) is 0. The Labute approximate surface area is 192 Å². The molecule has 3 aromatic rings. The minimum atomic E-state index is 0.149. The van der Waals surface area contributed by atoms with Crippen LogP contribution in [0.15, 0.2) is 42.9 Å². The monoisotopic (exact) mass is 448 g/mol. The summed E-state index contributed by atoms with van der Waals surface area (Å²) in [5.74, 6) is 1.44. The number of nitrogens with zero attached hydrogens (tertiary/aromatic N) is 6. The molecular weight excluding hydrogens is 424 g/mol. The van der Waals surface area contributed by atoms with Crippen LogP contribution in [0.1, 0.15) is 43.5 Å². The van der Waals surface area contributed by atoms with E-state index in [2.05, 4.69) is 16.0 Å². The highest BCUT2D eigenvalue weighted by Crippen LogP contribution is 2.33. The summed E-state index contributed by atoms with van der Waals surface area (Å²) in [5.41, 5.74) is 4.79. The van der Waals surface area contributed by atoms with Crippen molar-refractivity contribution in [1.82, 2.24) is 24.8 Å². The number of hydrogen-bond acceptors (Lipinski definition) is 6. The Hall–Kier alpha value is -3.06. The summed E-state index contributed by atoms with van der Waals surface area (Å²) in [4.78, 5) is 34.6. The van der Waals surface area contributed by atoms with Gasteiger partial charge in [0.15, 0.2) is 5.82 Å². The number of carbonyl (C=O) groups is 1. The number of anilines is 1. The molecule has 0 atom stereocenters. The molecule has 0 bridgehead atoms. The van der Waals surface area contributed by atoms with Gasteiger partial charge >= 0.3 is 0 Å². The Kier molecular flexibility index (Phi) is 5.74. The van der Waals surface area contributed by atoms with Crippen LogP contribution in [0.3, 0.4) is 0 Å². The van der Waals surface area contributed by atoms with E-state index >= 15 is 0 Å². The average Bonchev–Trinajstić information content (AvgIpc) is 2.84.